The number of aliphatic hydroxyl groups is 2. The third kappa shape index (κ3) is 15.3. The molecule has 5 amide bonds. The summed E-state index contributed by atoms with van der Waals surface area (Å²) in [6.45, 7) is 7.66. The summed E-state index contributed by atoms with van der Waals surface area (Å²) in [4.78, 5) is 83.1. The highest BCUT2D eigenvalue weighted by molar-refractivity contribution is 7.13. The number of thiazole rings is 1. The minimum atomic E-state index is -4.85. The summed E-state index contributed by atoms with van der Waals surface area (Å²) < 4.78 is 64.4. The molecule has 0 spiro atoms. The number of aromatic nitrogens is 4. The average molecular weight is 1080 g/mol. The lowest BCUT2D eigenvalue weighted by Gasteiger charge is -2.35. The van der Waals surface area contributed by atoms with Crippen molar-refractivity contribution in [2.75, 3.05) is 26.2 Å². The minimum Gasteiger partial charge on any atom is -0.471 e. The number of aryl methyl sites for hydroxylation is 2. The molecule has 7 rings (SSSR count). The highest BCUT2D eigenvalue weighted by Crippen LogP contribution is 2.32. The fraction of sp³-hybridized carbons (Fsp3) is 0.462. The van der Waals surface area contributed by atoms with Crippen molar-refractivity contribution in [3.8, 4) is 33.3 Å². The van der Waals surface area contributed by atoms with Gasteiger partial charge in [0.25, 0.3) is 0 Å². The summed E-state index contributed by atoms with van der Waals surface area (Å²) in [5.74, 6) is -2.66. The van der Waals surface area contributed by atoms with E-state index in [9.17, 15) is 47.4 Å². The van der Waals surface area contributed by atoms with Gasteiger partial charge in [0.2, 0.25) is 35.4 Å². The molecule has 1 unspecified atom stereocenters. The maximum absolute atomic E-state index is 15.4. The average Bonchev–Trinajstić information content (AvgIpc) is 4.13. The van der Waals surface area contributed by atoms with Crippen molar-refractivity contribution in [1.82, 2.24) is 45.3 Å². The van der Waals surface area contributed by atoms with E-state index >= 15 is 4.39 Å². The second kappa shape index (κ2) is 24.8. The molecule has 2 aliphatic rings. The monoisotopic (exact) mass is 1080 g/mol. The van der Waals surface area contributed by atoms with Gasteiger partial charge in [-0.25, -0.2) is 19.3 Å². The van der Waals surface area contributed by atoms with Crippen molar-refractivity contribution in [2.45, 2.75) is 122 Å². The second-order valence-corrected chi connectivity index (χ2v) is 20.7. The zero-order valence-corrected chi connectivity index (χ0v) is 43.2. The van der Waals surface area contributed by atoms with Gasteiger partial charge in [-0.15, -0.1) is 24.5 Å². The van der Waals surface area contributed by atoms with Gasteiger partial charge in [-0.1, -0.05) is 57.2 Å². The third-order valence-electron chi connectivity index (χ3n) is 12.9. The van der Waals surface area contributed by atoms with Gasteiger partial charge < -0.3 is 55.7 Å². The van der Waals surface area contributed by atoms with Crippen LogP contribution in [0.3, 0.4) is 0 Å². The van der Waals surface area contributed by atoms with E-state index in [0.29, 0.717) is 29.8 Å². The zero-order chi connectivity index (χ0) is 54.9. The third-order valence-corrected chi connectivity index (χ3v) is 13.9. The number of nitrogens with zero attached hydrogens (tertiary/aromatic N) is 6. The summed E-state index contributed by atoms with van der Waals surface area (Å²) in [5, 5.41) is 29.4. The van der Waals surface area contributed by atoms with Crippen molar-refractivity contribution >= 4 is 40.9 Å². The van der Waals surface area contributed by atoms with E-state index in [1.54, 1.807) is 54.7 Å². The Bertz CT molecular complexity index is 2820. The molecule has 2 fully saturated rings. The Morgan fingerprint density at radius 1 is 0.934 bits per heavy atom. The van der Waals surface area contributed by atoms with Crippen molar-refractivity contribution in [3.63, 3.8) is 0 Å². The lowest BCUT2D eigenvalue weighted by molar-refractivity contribution is -0.274. The van der Waals surface area contributed by atoms with Crippen LogP contribution in [0.1, 0.15) is 81.5 Å². The number of carbonyl (C=O) groups is 5. The number of hydrogen-bond donors (Lipinski definition) is 6. The predicted molar refractivity (Wildman–Crippen MR) is 270 cm³/mol. The molecule has 0 radical (unpaired) electrons. The molecule has 7 N–H and O–H groups in total. The van der Waals surface area contributed by atoms with Gasteiger partial charge in [-0.05, 0) is 53.6 Å². The molecule has 408 valence electrons. The number of piperidine rings is 1. The van der Waals surface area contributed by atoms with Gasteiger partial charge in [-0.2, -0.15) is 0 Å². The Kier molecular flexibility index (Phi) is 18.5. The Labute approximate surface area is 440 Å². The number of hydrogen-bond acceptors (Lipinski definition) is 14. The summed E-state index contributed by atoms with van der Waals surface area (Å²) in [7, 11) is 0. The van der Waals surface area contributed by atoms with Crippen LogP contribution in [0.4, 0.5) is 17.6 Å². The Hall–Kier alpha value is -7.02. The summed E-state index contributed by atoms with van der Waals surface area (Å²) in [6.07, 6.45) is -4.95. The van der Waals surface area contributed by atoms with Crippen LogP contribution in [0.5, 0.6) is 11.6 Å². The number of alkyl halides is 4. The number of rotatable bonds is 20. The van der Waals surface area contributed by atoms with E-state index in [-0.39, 0.29) is 82.2 Å². The van der Waals surface area contributed by atoms with E-state index in [0.717, 1.165) is 33.8 Å². The van der Waals surface area contributed by atoms with Crippen LogP contribution >= 0.6 is 11.3 Å². The number of pyridine rings is 1. The fourth-order valence-electron chi connectivity index (χ4n) is 8.87. The predicted octanol–water partition coefficient (Wildman–Crippen LogP) is 4.88. The first-order valence-electron chi connectivity index (χ1n) is 24.7. The smallest absolute Gasteiger partial charge is 0.471 e. The topological polar surface area (TPSA) is 256 Å². The number of amides is 5. The van der Waals surface area contributed by atoms with Gasteiger partial charge in [0.15, 0.2) is 6.17 Å². The molecule has 5 aromatic rings. The molecule has 19 nitrogen and oxygen atoms in total. The van der Waals surface area contributed by atoms with Gasteiger partial charge in [-0.3, -0.25) is 24.0 Å². The van der Waals surface area contributed by atoms with E-state index in [1.807, 2.05) is 31.2 Å². The van der Waals surface area contributed by atoms with E-state index in [1.165, 1.54) is 34.2 Å². The highest BCUT2D eigenvalue weighted by atomic mass is 32.1. The number of imidazole rings is 1. The number of β-amino-alcohol motifs (C(OH)–C–C–N with tert-alkyl or cyclic N) is 1. The first-order valence-corrected chi connectivity index (χ1v) is 25.6. The molecule has 2 saturated heterocycles. The van der Waals surface area contributed by atoms with Crippen LogP contribution in [0.15, 0.2) is 78.8 Å². The Balaban J connectivity index is 0.828. The molecule has 6 atom stereocenters. The molecule has 0 aliphatic carbocycles. The normalized spacial score (nSPS) is 18.7. The maximum Gasteiger partial charge on any atom is 0.573 e. The largest absolute Gasteiger partial charge is 0.573 e. The molecular formula is C52H62F4N10O9S. The van der Waals surface area contributed by atoms with Crippen LogP contribution < -0.4 is 31.2 Å². The van der Waals surface area contributed by atoms with Crippen LogP contribution in [-0.2, 0) is 43.5 Å². The van der Waals surface area contributed by atoms with Crippen molar-refractivity contribution in [3.05, 3.63) is 101 Å². The van der Waals surface area contributed by atoms with Crippen LogP contribution in [0.2, 0.25) is 0 Å². The number of aliphatic hydroxyl groups excluding tert-OH is 2. The summed E-state index contributed by atoms with van der Waals surface area (Å²) in [5.41, 5.74) is 11.1. The summed E-state index contributed by atoms with van der Waals surface area (Å²) >= 11 is 1.55. The first kappa shape index (κ1) is 56.7. The van der Waals surface area contributed by atoms with Gasteiger partial charge in [0.1, 0.15) is 30.2 Å². The van der Waals surface area contributed by atoms with Gasteiger partial charge in [0, 0.05) is 76.4 Å². The van der Waals surface area contributed by atoms with Crippen molar-refractivity contribution < 1.29 is 61.2 Å². The van der Waals surface area contributed by atoms with Crippen molar-refractivity contribution in [2.24, 2.45) is 11.1 Å². The Morgan fingerprint density at radius 2 is 1.66 bits per heavy atom. The quantitative estimate of drug-likeness (QED) is 0.0450. The maximum atomic E-state index is 15.4. The standard InChI is InChI=1S/C52H62F4N10O9S/c1-30-45(76-29-62-30)33-11-7-32(8-12-33)23-59-48(72)40-22-35(67)25-66(40)50(73)46(51(2,3)4)63-43(69)15-17-58-42(68)6-5-18-64-27-39(61-28-64)34-21-37(47(57)71)49(60-24-34)74-41-16-19-65(26-38(41)53)44(70)20-31-9-13-36(14-10-31)75-52(54,55)56/h7-14,21,24,27-29,35,38,40-41,46-47,67,71H,5-6,15-20,22-23,25-26,57H2,1-4H3,(H,58,68)(H,59,72)(H,63,69)/t35-,38-,40+,41-,46-,47?/m1/s1. The first-order chi connectivity index (χ1) is 36.0. The van der Waals surface area contributed by atoms with Crippen LogP contribution in [0, 0.1) is 12.3 Å². The lowest BCUT2D eigenvalue weighted by Crippen LogP contribution is -2.57. The number of likely N-dealkylation sites (tertiary alicyclic amines) is 2. The van der Waals surface area contributed by atoms with Crippen molar-refractivity contribution in [1.29, 1.82) is 0 Å². The molecule has 3 aromatic heterocycles. The molecule has 2 aromatic carbocycles. The molecule has 2 aliphatic heterocycles. The number of ether oxygens (including phenoxy) is 2. The van der Waals surface area contributed by atoms with Crippen LogP contribution in [-0.4, -0.2) is 132 Å². The molecule has 5 heterocycles. The number of carbonyl (C=O) groups excluding carboxylic acids is 5. The molecule has 0 bridgehead atoms. The fourth-order valence-corrected chi connectivity index (χ4v) is 9.68. The number of nitrogens with two attached hydrogens (primary N) is 1. The molecule has 76 heavy (non-hydrogen) atoms. The SMILES string of the molecule is Cc1ncsc1-c1ccc(CNC(=O)[C@@H]2C[C@@H](O)CN2C(=O)[C@@H](NC(=O)CCNC(=O)CCCn2cnc(-c3cnc(O[C@@H]4CCN(C(=O)Cc5ccc(OC(F)(F)F)cc5)C[C@H]4F)c(C(N)O)c3)c2)C(C)(C)C)cc1. The van der Waals surface area contributed by atoms with Gasteiger partial charge >= 0.3 is 6.36 Å². The number of halogens is 4. The Morgan fingerprint density at radius 3 is 2.32 bits per heavy atom. The van der Waals surface area contributed by atoms with E-state index in [4.69, 9.17) is 10.5 Å². The lowest BCUT2D eigenvalue weighted by atomic mass is 9.85. The van der Waals surface area contributed by atoms with E-state index < -0.39 is 77.8 Å². The van der Waals surface area contributed by atoms with E-state index in [2.05, 4.69) is 35.6 Å². The van der Waals surface area contributed by atoms with Crippen LogP contribution in [0.25, 0.3) is 21.7 Å². The second-order valence-electron chi connectivity index (χ2n) is 19.9. The molecular weight excluding hydrogens is 1020 g/mol. The summed E-state index contributed by atoms with van der Waals surface area (Å²) in [6, 6.07) is 12.1. The zero-order valence-electron chi connectivity index (χ0n) is 42.4. The highest BCUT2D eigenvalue weighted by Gasteiger charge is 2.44. The number of nitrogens with one attached hydrogen (secondary N) is 3. The molecule has 24 heteroatoms. The number of benzene rings is 2. The molecule has 0 saturated carbocycles. The minimum absolute atomic E-state index is 0.00359. The van der Waals surface area contributed by atoms with Gasteiger partial charge in [0.05, 0.1) is 52.7 Å².